The monoisotopic (exact) mass is 363 g/mol. The molecule has 1 atom stereocenters. The number of amides is 1. The number of halogens is 1. The minimum Gasteiger partial charge on any atom is -0.497 e. The third-order valence-electron chi connectivity index (χ3n) is 4.86. The van der Waals surface area contributed by atoms with Crippen molar-refractivity contribution >= 4 is 11.6 Å². The van der Waals surface area contributed by atoms with Gasteiger partial charge >= 0.3 is 0 Å². The minimum absolute atomic E-state index is 0.216. The van der Waals surface area contributed by atoms with Gasteiger partial charge in [-0.25, -0.2) is 4.39 Å². The van der Waals surface area contributed by atoms with E-state index in [1.807, 2.05) is 30.3 Å². The van der Waals surface area contributed by atoms with E-state index in [-0.39, 0.29) is 12.1 Å². The molecular weight excluding hydrogens is 345 g/mol. The average Bonchev–Trinajstić information content (AvgIpc) is 2.91. The summed E-state index contributed by atoms with van der Waals surface area (Å²) in [4.78, 5) is 14.8. The molecule has 1 amide bonds. The van der Waals surface area contributed by atoms with Gasteiger partial charge in [-0.3, -0.25) is 4.79 Å². The Morgan fingerprint density at radius 3 is 2.59 bits per heavy atom. The third-order valence-corrected chi connectivity index (χ3v) is 4.86. The molecule has 1 aliphatic rings. The van der Waals surface area contributed by atoms with Crippen LogP contribution in [0.2, 0.25) is 0 Å². The molecule has 3 aromatic carbocycles. The number of hydrogen-bond acceptors (Lipinski definition) is 3. The van der Waals surface area contributed by atoms with Crippen LogP contribution in [0.25, 0.3) is 0 Å². The molecule has 0 bridgehead atoms. The standard InChI is InChI=1S/C22H18FNO3/c1-27-18-9-4-6-15(12-18)14-24-20-11-3-2-10-19(20)22(26,21(24)25)16-7-5-8-17(23)13-16/h2-13,26H,14H2,1H3/t22-/m1/s1. The SMILES string of the molecule is COc1cccc(CN2C(=O)[C@@](O)(c3cccc(F)c3)c3ccccc32)c1. The van der Waals surface area contributed by atoms with Crippen LogP contribution in [-0.2, 0) is 16.9 Å². The number of hydrogen-bond donors (Lipinski definition) is 1. The van der Waals surface area contributed by atoms with Gasteiger partial charge in [0, 0.05) is 11.1 Å². The number of benzene rings is 3. The van der Waals surface area contributed by atoms with E-state index in [9.17, 15) is 14.3 Å². The van der Waals surface area contributed by atoms with Gasteiger partial charge in [0.25, 0.3) is 5.91 Å². The first kappa shape index (κ1) is 17.2. The number of carbonyl (C=O) groups is 1. The molecule has 0 fully saturated rings. The van der Waals surface area contributed by atoms with Crippen molar-refractivity contribution in [2.45, 2.75) is 12.1 Å². The number of aliphatic hydroxyl groups is 1. The van der Waals surface area contributed by atoms with Gasteiger partial charge < -0.3 is 14.7 Å². The van der Waals surface area contributed by atoms with Crippen LogP contribution in [0, 0.1) is 5.82 Å². The van der Waals surface area contributed by atoms with E-state index in [1.165, 1.54) is 23.1 Å². The second-order valence-electron chi connectivity index (χ2n) is 6.48. The predicted octanol–water partition coefficient (Wildman–Crippen LogP) is 3.62. The van der Waals surface area contributed by atoms with Crippen molar-refractivity contribution in [3.05, 3.63) is 95.3 Å². The summed E-state index contributed by atoms with van der Waals surface area (Å²) in [6, 6.07) is 20.0. The van der Waals surface area contributed by atoms with Crippen molar-refractivity contribution in [3.63, 3.8) is 0 Å². The lowest BCUT2D eigenvalue weighted by atomic mass is 9.87. The average molecular weight is 363 g/mol. The quantitative estimate of drug-likeness (QED) is 0.770. The Bertz CT molecular complexity index is 1020. The van der Waals surface area contributed by atoms with E-state index in [2.05, 4.69) is 0 Å². The third kappa shape index (κ3) is 2.76. The highest BCUT2D eigenvalue weighted by atomic mass is 19.1. The second-order valence-corrected chi connectivity index (χ2v) is 6.48. The molecule has 5 heteroatoms. The highest BCUT2D eigenvalue weighted by Crippen LogP contribution is 2.45. The molecule has 4 rings (SSSR count). The molecule has 0 unspecified atom stereocenters. The first-order valence-electron chi connectivity index (χ1n) is 8.57. The molecule has 0 radical (unpaired) electrons. The van der Waals surface area contributed by atoms with Crippen LogP contribution in [0.1, 0.15) is 16.7 Å². The van der Waals surface area contributed by atoms with E-state index in [1.54, 1.807) is 31.4 Å². The van der Waals surface area contributed by atoms with E-state index in [4.69, 9.17) is 4.74 Å². The minimum atomic E-state index is -1.92. The van der Waals surface area contributed by atoms with Crippen molar-refractivity contribution in [2.75, 3.05) is 12.0 Å². The largest absolute Gasteiger partial charge is 0.497 e. The summed E-state index contributed by atoms with van der Waals surface area (Å²) in [6.07, 6.45) is 0. The number of para-hydroxylation sites is 1. The van der Waals surface area contributed by atoms with Gasteiger partial charge in [0.1, 0.15) is 11.6 Å². The number of anilines is 1. The Labute approximate surface area is 156 Å². The van der Waals surface area contributed by atoms with E-state index in [0.717, 1.165) is 5.56 Å². The molecule has 3 aromatic rings. The smallest absolute Gasteiger partial charge is 0.268 e. The Balaban J connectivity index is 1.80. The van der Waals surface area contributed by atoms with Crippen molar-refractivity contribution in [1.82, 2.24) is 0 Å². The molecule has 1 N–H and O–H groups in total. The number of carbonyl (C=O) groups excluding carboxylic acids is 1. The van der Waals surface area contributed by atoms with Crippen LogP contribution in [0.5, 0.6) is 5.75 Å². The van der Waals surface area contributed by atoms with Crippen LogP contribution in [0.4, 0.5) is 10.1 Å². The highest BCUT2D eigenvalue weighted by molar-refractivity contribution is 6.09. The lowest BCUT2D eigenvalue weighted by Crippen LogP contribution is -2.41. The molecule has 1 heterocycles. The number of methoxy groups -OCH3 is 1. The molecule has 4 nitrogen and oxygen atoms in total. The number of ether oxygens (including phenoxy) is 1. The number of rotatable bonds is 4. The van der Waals surface area contributed by atoms with E-state index < -0.39 is 17.3 Å². The van der Waals surface area contributed by atoms with Gasteiger partial charge in [-0.2, -0.15) is 0 Å². The first-order valence-corrected chi connectivity index (χ1v) is 8.57. The van der Waals surface area contributed by atoms with Crippen molar-refractivity contribution in [1.29, 1.82) is 0 Å². The Hall–Kier alpha value is -3.18. The molecular formula is C22H18FNO3. The van der Waals surface area contributed by atoms with Gasteiger partial charge in [-0.1, -0.05) is 42.5 Å². The fourth-order valence-electron chi connectivity index (χ4n) is 3.54. The second kappa shape index (κ2) is 6.52. The van der Waals surface area contributed by atoms with Gasteiger partial charge in [0.2, 0.25) is 0 Å². The van der Waals surface area contributed by atoms with Crippen LogP contribution < -0.4 is 9.64 Å². The normalized spacial score (nSPS) is 18.5. The summed E-state index contributed by atoms with van der Waals surface area (Å²) in [7, 11) is 1.58. The fourth-order valence-corrected chi connectivity index (χ4v) is 3.54. The van der Waals surface area contributed by atoms with Crippen LogP contribution in [0.15, 0.2) is 72.8 Å². The van der Waals surface area contributed by atoms with E-state index in [0.29, 0.717) is 17.0 Å². The molecule has 0 saturated heterocycles. The zero-order valence-electron chi connectivity index (χ0n) is 14.7. The number of nitrogens with zero attached hydrogens (tertiary/aromatic N) is 1. The summed E-state index contributed by atoms with van der Waals surface area (Å²) in [5, 5.41) is 11.4. The van der Waals surface area contributed by atoms with E-state index >= 15 is 0 Å². The molecule has 0 spiro atoms. The summed E-state index contributed by atoms with van der Waals surface area (Å²) in [6.45, 7) is 0.269. The van der Waals surface area contributed by atoms with Crippen molar-refractivity contribution in [2.24, 2.45) is 0 Å². The van der Waals surface area contributed by atoms with Crippen molar-refractivity contribution in [3.8, 4) is 5.75 Å². The van der Waals surface area contributed by atoms with Gasteiger partial charge in [0.05, 0.1) is 19.3 Å². The maximum Gasteiger partial charge on any atom is 0.268 e. The van der Waals surface area contributed by atoms with Gasteiger partial charge in [-0.05, 0) is 35.9 Å². The number of fused-ring (bicyclic) bond motifs is 1. The molecule has 1 aliphatic heterocycles. The first-order chi connectivity index (χ1) is 13.0. The highest BCUT2D eigenvalue weighted by Gasteiger charge is 2.51. The molecule has 0 saturated carbocycles. The van der Waals surface area contributed by atoms with Gasteiger partial charge in [0.15, 0.2) is 5.60 Å². The predicted molar refractivity (Wildman–Crippen MR) is 100 cm³/mol. The van der Waals surface area contributed by atoms with Gasteiger partial charge in [-0.15, -0.1) is 0 Å². The lowest BCUT2D eigenvalue weighted by Gasteiger charge is -2.24. The molecule has 0 aromatic heterocycles. The zero-order chi connectivity index (χ0) is 19.0. The van der Waals surface area contributed by atoms with Crippen LogP contribution in [-0.4, -0.2) is 18.1 Å². The topological polar surface area (TPSA) is 49.8 Å². The maximum atomic E-state index is 13.8. The molecule has 136 valence electrons. The molecule has 27 heavy (non-hydrogen) atoms. The zero-order valence-corrected chi connectivity index (χ0v) is 14.7. The molecule has 0 aliphatic carbocycles. The fraction of sp³-hybridized carbons (Fsp3) is 0.136. The Kier molecular flexibility index (Phi) is 4.16. The Morgan fingerprint density at radius 2 is 1.81 bits per heavy atom. The Morgan fingerprint density at radius 1 is 1.04 bits per heavy atom. The summed E-state index contributed by atoms with van der Waals surface area (Å²) < 4.78 is 19.0. The summed E-state index contributed by atoms with van der Waals surface area (Å²) in [5.74, 6) is -0.317. The van der Waals surface area contributed by atoms with Crippen LogP contribution >= 0.6 is 0 Å². The van der Waals surface area contributed by atoms with Crippen LogP contribution in [0.3, 0.4) is 0 Å². The summed E-state index contributed by atoms with van der Waals surface area (Å²) in [5.41, 5.74) is 0.215. The lowest BCUT2D eigenvalue weighted by molar-refractivity contribution is -0.132. The maximum absolute atomic E-state index is 13.8. The summed E-state index contributed by atoms with van der Waals surface area (Å²) >= 11 is 0. The van der Waals surface area contributed by atoms with Crippen molar-refractivity contribution < 1.29 is 19.0 Å².